The minimum absolute atomic E-state index is 0.120. The Morgan fingerprint density at radius 2 is 1.88 bits per heavy atom. The maximum atomic E-state index is 5.50. The van der Waals surface area contributed by atoms with Crippen molar-refractivity contribution in [3.63, 3.8) is 0 Å². The van der Waals surface area contributed by atoms with Crippen molar-refractivity contribution in [2.24, 2.45) is 4.99 Å². The quantitative estimate of drug-likeness (QED) is 0.570. The summed E-state index contributed by atoms with van der Waals surface area (Å²) < 4.78 is 5.50. The molecule has 1 aromatic carbocycles. The molecule has 0 N–H and O–H groups in total. The van der Waals surface area contributed by atoms with Gasteiger partial charge in [0, 0.05) is 6.08 Å². The zero-order chi connectivity index (χ0) is 12.7. The van der Waals surface area contributed by atoms with Gasteiger partial charge in [-0.3, -0.25) is 0 Å². The molecule has 2 nitrogen and oxygen atoms in total. The molecule has 92 valence electrons. The third-order valence-corrected chi connectivity index (χ3v) is 1.96. The summed E-state index contributed by atoms with van der Waals surface area (Å²) in [7, 11) is 0. The van der Waals surface area contributed by atoms with E-state index in [2.05, 4.69) is 37.9 Å². The Hall–Kier alpha value is -1.57. The van der Waals surface area contributed by atoms with Gasteiger partial charge in [-0.1, -0.05) is 30.3 Å². The van der Waals surface area contributed by atoms with Crippen LogP contribution in [0.15, 0.2) is 41.4 Å². The van der Waals surface area contributed by atoms with Gasteiger partial charge in [-0.05, 0) is 39.3 Å². The number of hydrogen-bond donors (Lipinski definition) is 0. The Labute approximate surface area is 104 Å². The van der Waals surface area contributed by atoms with Crippen LogP contribution >= 0.6 is 0 Å². The number of rotatable bonds is 3. The summed E-state index contributed by atoms with van der Waals surface area (Å²) in [6, 6.07) is 10.1. The van der Waals surface area contributed by atoms with Crippen LogP contribution in [-0.4, -0.2) is 18.0 Å². The molecule has 0 aliphatic heterocycles. The second-order valence-corrected chi connectivity index (χ2v) is 4.80. The molecule has 0 heterocycles. The third kappa shape index (κ3) is 5.91. The van der Waals surface area contributed by atoms with Gasteiger partial charge in [0.2, 0.25) is 5.90 Å². The van der Waals surface area contributed by atoms with E-state index in [1.54, 1.807) is 0 Å². The maximum Gasteiger partial charge on any atom is 0.209 e. The van der Waals surface area contributed by atoms with Crippen molar-refractivity contribution < 1.29 is 4.74 Å². The van der Waals surface area contributed by atoms with Crippen LogP contribution in [0.3, 0.4) is 0 Å². The zero-order valence-electron chi connectivity index (χ0n) is 11.1. The molecule has 0 aliphatic rings. The van der Waals surface area contributed by atoms with Crippen molar-refractivity contribution >= 4 is 12.0 Å². The second-order valence-electron chi connectivity index (χ2n) is 4.80. The first-order valence-corrected chi connectivity index (χ1v) is 5.97. The first kappa shape index (κ1) is 13.5. The first-order valence-electron chi connectivity index (χ1n) is 5.97. The highest BCUT2D eigenvalue weighted by atomic mass is 16.5. The average Bonchev–Trinajstić information content (AvgIpc) is 2.26. The zero-order valence-corrected chi connectivity index (χ0v) is 11.1. The Bertz CT molecular complexity index is 385. The standard InChI is InChI=1S/C15H21NO/c1-5-17-14(16-15(2,3)4)12-11-13-9-7-6-8-10-13/h6-12H,5H2,1-4H3/b12-11+,16-14?. The minimum Gasteiger partial charge on any atom is -0.478 e. The van der Waals surface area contributed by atoms with E-state index >= 15 is 0 Å². The molecule has 1 rings (SSSR count). The topological polar surface area (TPSA) is 21.6 Å². The van der Waals surface area contributed by atoms with Crippen molar-refractivity contribution in [1.82, 2.24) is 0 Å². The molecular formula is C15H21NO. The summed E-state index contributed by atoms with van der Waals surface area (Å²) in [4.78, 5) is 4.52. The van der Waals surface area contributed by atoms with Gasteiger partial charge in [-0.15, -0.1) is 0 Å². The summed E-state index contributed by atoms with van der Waals surface area (Å²) in [5.74, 6) is 0.684. The van der Waals surface area contributed by atoms with E-state index in [1.807, 2.05) is 37.3 Å². The van der Waals surface area contributed by atoms with Crippen molar-refractivity contribution in [3.05, 3.63) is 42.0 Å². The van der Waals surface area contributed by atoms with Crippen LogP contribution in [0, 0.1) is 0 Å². The van der Waals surface area contributed by atoms with Crippen molar-refractivity contribution in [2.45, 2.75) is 33.2 Å². The van der Waals surface area contributed by atoms with Crippen LogP contribution in [0.2, 0.25) is 0 Å². The van der Waals surface area contributed by atoms with Crippen LogP contribution < -0.4 is 0 Å². The molecular weight excluding hydrogens is 210 g/mol. The number of benzene rings is 1. The monoisotopic (exact) mass is 231 g/mol. The van der Waals surface area contributed by atoms with E-state index in [9.17, 15) is 0 Å². The molecule has 17 heavy (non-hydrogen) atoms. The summed E-state index contributed by atoms with van der Waals surface area (Å²) in [6.07, 6.45) is 3.93. The summed E-state index contributed by atoms with van der Waals surface area (Å²) in [5, 5.41) is 0. The minimum atomic E-state index is -0.120. The molecule has 0 aliphatic carbocycles. The van der Waals surface area contributed by atoms with E-state index in [1.165, 1.54) is 0 Å². The molecule has 0 saturated heterocycles. The largest absolute Gasteiger partial charge is 0.478 e. The Morgan fingerprint density at radius 3 is 2.41 bits per heavy atom. The molecule has 0 bridgehead atoms. The second kappa shape index (κ2) is 6.24. The highest BCUT2D eigenvalue weighted by Crippen LogP contribution is 2.09. The lowest BCUT2D eigenvalue weighted by atomic mass is 10.1. The fraction of sp³-hybridized carbons (Fsp3) is 0.400. The predicted molar refractivity (Wildman–Crippen MR) is 74.3 cm³/mol. The molecule has 0 radical (unpaired) electrons. The molecule has 0 saturated carbocycles. The van der Waals surface area contributed by atoms with Crippen LogP contribution in [0.4, 0.5) is 0 Å². The fourth-order valence-electron chi connectivity index (χ4n) is 1.33. The lowest BCUT2D eigenvalue weighted by Gasteiger charge is -2.14. The van der Waals surface area contributed by atoms with E-state index in [0.29, 0.717) is 12.5 Å². The van der Waals surface area contributed by atoms with Crippen LogP contribution in [0.1, 0.15) is 33.3 Å². The van der Waals surface area contributed by atoms with Crippen LogP contribution in [0.25, 0.3) is 6.08 Å². The van der Waals surface area contributed by atoms with Crippen molar-refractivity contribution in [2.75, 3.05) is 6.61 Å². The highest BCUT2D eigenvalue weighted by molar-refractivity contribution is 5.92. The van der Waals surface area contributed by atoms with Gasteiger partial charge in [0.05, 0.1) is 12.1 Å². The predicted octanol–water partition coefficient (Wildman–Crippen LogP) is 3.93. The third-order valence-electron chi connectivity index (χ3n) is 1.96. The normalized spacial score (nSPS) is 13.1. The SMILES string of the molecule is CCOC(/C=C/c1ccccc1)=NC(C)(C)C. The van der Waals surface area contributed by atoms with Crippen LogP contribution in [0.5, 0.6) is 0 Å². The van der Waals surface area contributed by atoms with Gasteiger partial charge >= 0.3 is 0 Å². The van der Waals surface area contributed by atoms with Gasteiger partial charge in [-0.2, -0.15) is 0 Å². The molecule has 1 aromatic rings. The van der Waals surface area contributed by atoms with Crippen LogP contribution in [-0.2, 0) is 4.74 Å². The smallest absolute Gasteiger partial charge is 0.209 e. The molecule has 0 spiro atoms. The number of ether oxygens (including phenoxy) is 1. The van der Waals surface area contributed by atoms with E-state index in [-0.39, 0.29) is 5.54 Å². The fourth-order valence-corrected chi connectivity index (χ4v) is 1.33. The van der Waals surface area contributed by atoms with Gasteiger partial charge < -0.3 is 4.74 Å². The van der Waals surface area contributed by atoms with Gasteiger partial charge in [-0.25, -0.2) is 4.99 Å². The Balaban J connectivity index is 2.81. The number of nitrogens with zero attached hydrogens (tertiary/aromatic N) is 1. The highest BCUT2D eigenvalue weighted by Gasteiger charge is 2.08. The molecule has 2 heteroatoms. The number of aliphatic imine (C=N–C) groups is 1. The van der Waals surface area contributed by atoms with Gasteiger partial charge in [0.15, 0.2) is 0 Å². The molecule has 0 unspecified atom stereocenters. The van der Waals surface area contributed by atoms with E-state index < -0.39 is 0 Å². The Kier molecular flexibility index (Phi) is 4.95. The van der Waals surface area contributed by atoms with Crippen molar-refractivity contribution in [3.8, 4) is 0 Å². The molecule has 0 atom stereocenters. The maximum absolute atomic E-state index is 5.50. The molecule has 0 aromatic heterocycles. The lowest BCUT2D eigenvalue weighted by Crippen LogP contribution is -2.15. The lowest BCUT2D eigenvalue weighted by molar-refractivity contribution is 0.323. The molecule has 0 amide bonds. The summed E-state index contributed by atoms with van der Waals surface area (Å²) in [6.45, 7) is 8.77. The Morgan fingerprint density at radius 1 is 1.24 bits per heavy atom. The van der Waals surface area contributed by atoms with Gasteiger partial charge in [0.25, 0.3) is 0 Å². The number of hydrogen-bond acceptors (Lipinski definition) is 2. The average molecular weight is 231 g/mol. The summed E-state index contributed by atoms with van der Waals surface area (Å²) >= 11 is 0. The molecule has 0 fully saturated rings. The van der Waals surface area contributed by atoms with Crippen molar-refractivity contribution in [1.29, 1.82) is 0 Å². The summed E-state index contributed by atoms with van der Waals surface area (Å²) in [5.41, 5.74) is 1.03. The van der Waals surface area contributed by atoms with E-state index in [4.69, 9.17) is 4.74 Å². The first-order chi connectivity index (χ1) is 8.01. The van der Waals surface area contributed by atoms with Gasteiger partial charge in [0.1, 0.15) is 0 Å². The van der Waals surface area contributed by atoms with E-state index in [0.717, 1.165) is 5.56 Å².